The fraction of sp³-hybridized carbons (Fsp3) is 0.250. The third kappa shape index (κ3) is 4.14. The first-order valence-corrected chi connectivity index (χ1v) is 5.94. The zero-order chi connectivity index (χ0) is 9.90. The van der Waals surface area contributed by atoms with E-state index in [1.165, 1.54) is 12.1 Å². The summed E-state index contributed by atoms with van der Waals surface area (Å²) in [5.41, 5.74) is 0.774. The zero-order valence-electron chi connectivity index (χ0n) is 6.94. The van der Waals surface area contributed by atoms with Crippen molar-refractivity contribution in [3.63, 3.8) is 0 Å². The highest BCUT2D eigenvalue weighted by Crippen LogP contribution is 2.08. The van der Waals surface area contributed by atoms with Crippen LogP contribution in [0.3, 0.4) is 0 Å². The van der Waals surface area contributed by atoms with E-state index in [4.69, 9.17) is 14.4 Å². The van der Waals surface area contributed by atoms with Gasteiger partial charge in [0.2, 0.25) is 0 Å². The molecule has 0 aliphatic rings. The number of benzene rings is 1. The molecule has 3 nitrogen and oxygen atoms in total. The molecule has 0 aliphatic heterocycles. The van der Waals surface area contributed by atoms with Crippen molar-refractivity contribution >= 4 is 8.80 Å². The van der Waals surface area contributed by atoms with Gasteiger partial charge in [0.15, 0.2) is 0 Å². The Balaban J connectivity index is 2.51. The van der Waals surface area contributed by atoms with E-state index in [0.717, 1.165) is 5.56 Å². The molecule has 5 heteroatoms. The van der Waals surface area contributed by atoms with Crippen LogP contribution in [0.15, 0.2) is 24.3 Å². The Bertz CT molecular complexity index is 268. The summed E-state index contributed by atoms with van der Waals surface area (Å²) in [5.74, 6) is -0.329. The number of aryl methyl sites for hydroxylation is 1. The first kappa shape index (κ1) is 10.3. The highest BCUT2D eigenvalue weighted by molar-refractivity contribution is 6.56. The van der Waals surface area contributed by atoms with E-state index in [0.29, 0.717) is 6.42 Å². The summed E-state index contributed by atoms with van der Waals surface area (Å²) in [4.78, 5) is 26.1. The van der Waals surface area contributed by atoms with Gasteiger partial charge in [-0.2, -0.15) is 0 Å². The summed E-state index contributed by atoms with van der Waals surface area (Å²) in [6.07, 6.45) is 0.343. The highest BCUT2D eigenvalue weighted by atomic mass is 28.4. The zero-order valence-corrected chi connectivity index (χ0v) is 7.94. The van der Waals surface area contributed by atoms with Crippen LogP contribution in [0.5, 0.6) is 0 Å². The van der Waals surface area contributed by atoms with E-state index < -0.39 is 8.80 Å². The summed E-state index contributed by atoms with van der Waals surface area (Å²) in [6.45, 7) is 0. The van der Waals surface area contributed by atoms with Gasteiger partial charge in [0.1, 0.15) is 5.82 Å². The van der Waals surface area contributed by atoms with Gasteiger partial charge < -0.3 is 14.4 Å². The van der Waals surface area contributed by atoms with Gasteiger partial charge in [-0.05, 0) is 24.1 Å². The Morgan fingerprint density at radius 2 is 1.62 bits per heavy atom. The molecule has 72 valence electrons. The van der Waals surface area contributed by atoms with Crippen LogP contribution in [0, 0.1) is 5.82 Å². The SMILES string of the molecule is O[Si](O)(O)CCc1ccc(F)cc1. The fourth-order valence-electron chi connectivity index (χ4n) is 0.963. The topological polar surface area (TPSA) is 60.7 Å². The number of rotatable bonds is 3. The lowest BCUT2D eigenvalue weighted by atomic mass is 10.2. The molecule has 1 aromatic carbocycles. The average molecular weight is 202 g/mol. The number of hydrogen-bond acceptors (Lipinski definition) is 3. The maximum atomic E-state index is 12.4. The Kier molecular flexibility index (Phi) is 3.15. The van der Waals surface area contributed by atoms with E-state index in [-0.39, 0.29) is 11.9 Å². The summed E-state index contributed by atoms with van der Waals surface area (Å²) >= 11 is 0. The van der Waals surface area contributed by atoms with Crippen molar-refractivity contribution in [2.24, 2.45) is 0 Å². The lowest BCUT2D eigenvalue weighted by Crippen LogP contribution is -2.34. The van der Waals surface area contributed by atoms with Gasteiger partial charge in [-0.3, -0.25) is 0 Å². The van der Waals surface area contributed by atoms with E-state index in [2.05, 4.69) is 0 Å². The molecule has 0 amide bonds. The Morgan fingerprint density at radius 1 is 1.08 bits per heavy atom. The summed E-state index contributed by atoms with van der Waals surface area (Å²) in [7, 11) is -3.95. The Morgan fingerprint density at radius 3 is 2.08 bits per heavy atom. The van der Waals surface area contributed by atoms with Gasteiger partial charge >= 0.3 is 8.80 Å². The van der Waals surface area contributed by atoms with E-state index in [9.17, 15) is 4.39 Å². The second-order valence-electron chi connectivity index (χ2n) is 2.90. The second-order valence-corrected chi connectivity index (χ2v) is 4.95. The van der Waals surface area contributed by atoms with Gasteiger partial charge in [-0.25, -0.2) is 4.39 Å². The first-order chi connectivity index (χ1) is 5.97. The third-order valence-electron chi connectivity index (χ3n) is 1.66. The molecule has 0 spiro atoms. The molecule has 0 atom stereocenters. The number of halogens is 1. The van der Waals surface area contributed by atoms with Crippen molar-refractivity contribution in [2.45, 2.75) is 12.5 Å². The van der Waals surface area contributed by atoms with Gasteiger partial charge in [0.05, 0.1) is 0 Å². The van der Waals surface area contributed by atoms with Gasteiger partial charge in [0, 0.05) is 6.04 Å². The number of hydrogen-bond donors (Lipinski definition) is 3. The van der Waals surface area contributed by atoms with Crippen molar-refractivity contribution in [1.82, 2.24) is 0 Å². The first-order valence-electron chi connectivity index (χ1n) is 3.89. The van der Waals surface area contributed by atoms with Crippen LogP contribution in [0.2, 0.25) is 6.04 Å². The predicted octanol–water partition coefficient (Wildman–Crippen LogP) is 0.284. The second kappa shape index (κ2) is 3.97. The molecule has 0 saturated carbocycles. The van der Waals surface area contributed by atoms with Crippen molar-refractivity contribution in [1.29, 1.82) is 0 Å². The molecule has 0 unspecified atom stereocenters. The lowest BCUT2D eigenvalue weighted by Gasteiger charge is -2.08. The third-order valence-corrected chi connectivity index (χ3v) is 2.58. The largest absolute Gasteiger partial charge is 0.493 e. The normalized spacial score (nSPS) is 11.7. The minimum Gasteiger partial charge on any atom is -0.390 e. The average Bonchev–Trinajstić information content (AvgIpc) is 2.02. The van der Waals surface area contributed by atoms with Crippen LogP contribution in [-0.2, 0) is 6.42 Å². The van der Waals surface area contributed by atoms with E-state index in [1.54, 1.807) is 12.1 Å². The standard InChI is InChI=1S/C8H11FO3Si/c9-8-3-1-7(2-4-8)5-6-13(10,11)12/h1-4,10-12H,5-6H2. The smallest absolute Gasteiger partial charge is 0.390 e. The van der Waals surface area contributed by atoms with Crippen molar-refractivity contribution in [2.75, 3.05) is 0 Å². The van der Waals surface area contributed by atoms with Crippen LogP contribution >= 0.6 is 0 Å². The Hall–Kier alpha value is -0.753. The molecule has 13 heavy (non-hydrogen) atoms. The van der Waals surface area contributed by atoms with Crippen LogP contribution in [-0.4, -0.2) is 23.2 Å². The molecule has 0 aromatic heterocycles. The van der Waals surface area contributed by atoms with E-state index >= 15 is 0 Å². The molecular weight excluding hydrogens is 191 g/mol. The molecule has 1 aromatic rings. The molecule has 0 saturated heterocycles. The molecule has 1 rings (SSSR count). The molecule has 3 N–H and O–H groups in total. The van der Waals surface area contributed by atoms with Crippen LogP contribution < -0.4 is 0 Å². The maximum absolute atomic E-state index is 12.4. The Labute approximate surface area is 76.5 Å². The molecule has 0 fully saturated rings. The van der Waals surface area contributed by atoms with Crippen molar-refractivity contribution in [3.05, 3.63) is 35.6 Å². The molecular formula is C8H11FO3Si. The van der Waals surface area contributed by atoms with Crippen LogP contribution in [0.25, 0.3) is 0 Å². The summed E-state index contributed by atoms with van der Waals surface area (Å²) < 4.78 is 12.4. The fourth-order valence-corrected chi connectivity index (χ4v) is 1.59. The molecule has 0 heterocycles. The van der Waals surface area contributed by atoms with Gasteiger partial charge in [-0.15, -0.1) is 0 Å². The van der Waals surface area contributed by atoms with Crippen molar-refractivity contribution in [3.8, 4) is 0 Å². The monoisotopic (exact) mass is 202 g/mol. The predicted molar refractivity (Wildman–Crippen MR) is 47.3 cm³/mol. The maximum Gasteiger partial charge on any atom is 0.493 e. The van der Waals surface area contributed by atoms with E-state index in [1.807, 2.05) is 0 Å². The minimum atomic E-state index is -3.95. The van der Waals surface area contributed by atoms with Crippen LogP contribution in [0.1, 0.15) is 5.56 Å². The van der Waals surface area contributed by atoms with Gasteiger partial charge in [0.25, 0.3) is 0 Å². The lowest BCUT2D eigenvalue weighted by molar-refractivity contribution is 0.228. The molecule has 0 radical (unpaired) electrons. The summed E-state index contributed by atoms with van der Waals surface area (Å²) in [6, 6.07) is 5.64. The quantitative estimate of drug-likeness (QED) is 0.617. The summed E-state index contributed by atoms with van der Waals surface area (Å²) in [5, 5.41) is 0. The minimum absolute atomic E-state index is 0.0569. The molecule has 0 aliphatic carbocycles. The van der Waals surface area contributed by atoms with Crippen LogP contribution in [0.4, 0.5) is 4.39 Å². The van der Waals surface area contributed by atoms with Gasteiger partial charge in [-0.1, -0.05) is 12.1 Å². The van der Waals surface area contributed by atoms with Crippen molar-refractivity contribution < 1.29 is 18.8 Å². The molecule has 0 bridgehead atoms. The highest BCUT2D eigenvalue weighted by Gasteiger charge is 2.25.